The van der Waals surface area contributed by atoms with Crippen molar-refractivity contribution in [3.63, 3.8) is 0 Å². The van der Waals surface area contributed by atoms with Crippen LogP contribution in [0.4, 0.5) is 31.1 Å². The van der Waals surface area contributed by atoms with Crippen molar-refractivity contribution in [2.24, 2.45) is 5.92 Å². The number of aliphatic carboxylic acids is 1. The number of nitrogens with one attached hydrogen (secondary N) is 1. The number of carbonyl (C=O) groups is 2. The molecule has 0 aliphatic rings. The van der Waals surface area contributed by atoms with Crippen molar-refractivity contribution in [1.29, 1.82) is 0 Å². The highest BCUT2D eigenvalue weighted by Gasteiger charge is 2.43. The van der Waals surface area contributed by atoms with E-state index in [0.717, 1.165) is 24.3 Å². The molecule has 6 nitrogen and oxygen atoms in total. The number of ether oxygens (including phenoxy) is 1. The third-order valence-corrected chi connectivity index (χ3v) is 12.3. The molecule has 0 heterocycles. The van der Waals surface area contributed by atoms with Crippen LogP contribution in [0.5, 0.6) is 0 Å². The van der Waals surface area contributed by atoms with Gasteiger partial charge in [0, 0.05) is 0 Å². The third kappa shape index (κ3) is 12.0. The number of carboxylic acid groups (broad SMARTS) is 1. The van der Waals surface area contributed by atoms with Gasteiger partial charge < -0.3 is 19.6 Å². The van der Waals surface area contributed by atoms with Crippen LogP contribution >= 0.6 is 0 Å². The molecule has 0 saturated carbocycles. The first-order valence-corrected chi connectivity index (χ1v) is 17.4. The smallest absolute Gasteiger partial charge is 0.416 e. The molecule has 13 heteroatoms. The molecule has 0 aliphatic heterocycles. The summed E-state index contributed by atoms with van der Waals surface area (Å²) in [5, 5.41) is 12.6. The van der Waals surface area contributed by atoms with Crippen molar-refractivity contribution in [2.45, 2.75) is 109 Å². The van der Waals surface area contributed by atoms with Gasteiger partial charge in [-0.3, -0.25) is 4.79 Å². The Morgan fingerprint density at radius 1 is 0.778 bits per heavy atom. The van der Waals surface area contributed by atoms with Gasteiger partial charge in [0.2, 0.25) is 0 Å². The summed E-state index contributed by atoms with van der Waals surface area (Å²) < 4.78 is 91.1. The fourth-order valence-corrected chi connectivity index (χ4v) is 5.70. The molecular formula is C32H43F6NO5Si. The van der Waals surface area contributed by atoms with Gasteiger partial charge in [0.1, 0.15) is 5.60 Å². The Morgan fingerprint density at radius 3 is 1.56 bits per heavy atom. The van der Waals surface area contributed by atoms with E-state index in [1.165, 1.54) is 24.3 Å². The number of amides is 1. The molecule has 0 saturated heterocycles. The molecule has 0 aliphatic carbocycles. The Labute approximate surface area is 261 Å². The SMILES string of the molecule is CC(C)(C)OC(=O)N[C@@H](Cc1ccc(C(F)(F)F)cc1)[C@H](C[C@@H](Cc1ccc(C(F)(F)F)cc1)C(=O)O)O[Si](C)(C)C(C)(C)C. The summed E-state index contributed by atoms with van der Waals surface area (Å²) in [6.07, 6.45) is -11.1. The maximum absolute atomic E-state index is 13.2. The van der Waals surface area contributed by atoms with Crippen LogP contribution in [-0.2, 0) is 39.2 Å². The van der Waals surface area contributed by atoms with Gasteiger partial charge in [0.25, 0.3) is 0 Å². The Balaban J connectivity index is 2.55. The molecule has 252 valence electrons. The summed E-state index contributed by atoms with van der Waals surface area (Å²) in [7, 11) is -2.66. The Morgan fingerprint density at radius 2 is 1.20 bits per heavy atom. The summed E-state index contributed by atoms with van der Waals surface area (Å²) >= 11 is 0. The lowest BCUT2D eigenvalue weighted by atomic mass is 9.89. The van der Waals surface area contributed by atoms with Gasteiger partial charge in [0.05, 0.1) is 29.2 Å². The highest BCUT2D eigenvalue weighted by molar-refractivity contribution is 6.74. The standard InChI is InChI=1S/C32H43F6NO5Si/c1-29(2,3)43-28(42)39-25(18-21-11-15-24(16-12-21)32(36,37)38)26(44-45(7,8)30(4,5)6)19-22(27(40)41)17-20-9-13-23(14-10-20)31(33,34)35/h9-16,22,25-26H,17-19H2,1-8H3,(H,39,42)(H,40,41)/t22-,25+,26+/m1/s1. The topological polar surface area (TPSA) is 84.9 Å². The van der Waals surface area contributed by atoms with Crippen molar-refractivity contribution >= 4 is 20.4 Å². The molecule has 0 spiro atoms. The Bertz CT molecular complexity index is 1280. The van der Waals surface area contributed by atoms with E-state index in [1.54, 1.807) is 20.8 Å². The first-order chi connectivity index (χ1) is 20.3. The average molecular weight is 664 g/mol. The van der Waals surface area contributed by atoms with Crippen molar-refractivity contribution in [2.75, 3.05) is 0 Å². The minimum Gasteiger partial charge on any atom is -0.481 e. The number of alkyl halides is 6. The lowest BCUT2D eigenvalue weighted by Gasteiger charge is -2.42. The molecule has 1 amide bonds. The quantitative estimate of drug-likeness (QED) is 0.185. The molecular weight excluding hydrogens is 620 g/mol. The van der Waals surface area contributed by atoms with Gasteiger partial charge in [-0.1, -0.05) is 45.0 Å². The van der Waals surface area contributed by atoms with Gasteiger partial charge in [-0.05, 0) is 93.6 Å². The van der Waals surface area contributed by atoms with Crippen molar-refractivity contribution in [1.82, 2.24) is 5.32 Å². The van der Waals surface area contributed by atoms with Crippen molar-refractivity contribution in [3.05, 3.63) is 70.8 Å². The second-order valence-electron chi connectivity index (χ2n) is 13.7. The molecule has 0 radical (unpaired) electrons. The van der Waals surface area contributed by atoms with Crippen LogP contribution in [0.2, 0.25) is 18.1 Å². The molecule has 2 rings (SSSR count). The molecule has 0 unspecified atom stereocenters. The predicted octanol–water partition coefficient (Wildman–Crippen LogP) is 8.88. The molecule has 3 atom stereocenters. The maximum atomic E-state index is 13.2. The lowest BCUT2D eigenvalue weighted by molar-refractivity contribution is -0.143. The molecule has 2 aromatic carbocycles. The fraction of sp³-hybridized carbons (Fsp3) is 0.562. The molecule has 2 N–H and O–H groups in total. The number of benzene rings is 2. The van der Waals surface area contributed by atoms with Crippen molar-refractivity contribution < 1.29 is 50.2 Å². The predicted molar refractivity (Wildman–Crippen MR) is 161 cm³/mol. The van der Waals surface area contributed by atoms with E-state index in [9.17, 15) is 41.0 Å². The zero-order valence-corrected chi connectivity index (χ0v) is 27.8. The fourth-order valence-electron chi connectivity index (χ4n) is 4.33. The molecule has 0 bridgehead atoms. The normalized spacial score (nSPS) is 15.2. The van der Waals surface area contributed by atoms with Crippen LogP contribution in [0.15, 0.2) is 48.5 Å². The van der Waals surface area contributed by atoms with E-state index in [1.807, 2.05) is 33.9 Å². The summed E-state index contributed by atoms with van der Waals surface area (Å²) in [5.41, 5.74) is -1.80. The lowest BCUT2D eigenvalue weighted by Crippen LogP contribution is -2.54. The second kappa shape index (κ2) is 14.1. The van der Waals surface area contributed by atoms with E-state index in [0.29, 0.717) is 11.1 Å². The zero-order valence-electron chi connectivity index (χ0n) is 26.8. The highest BCUT2D eigenvalue weighted by Crippen LogP contribution is 2.39. The number of hydrogen-bond acceptors (Lipinski definition) is 4. The van der Waals surface area contributed by atoms with Crippen LogP contribution in [0.25, 0.3) is 0 Å². The first kappa shape index (κ1) is 38.1. The Kier molecular flexibility index (Phi) is 12.0. The highest BCUT2D eigenvalue weighted by atomic mass is 28.4. The third-order valence-electron chi connectivity index (χ3n) is 7.77. The molecule has 2 aromatic rings. The van der Waals surface area contributed by atoms with E-state index in [-0.39, 0.29) is 24.3 Å². The first-order valence-electron chi connectivity index (χ1n) is 14.5. The maximum Gasteiger partial charge on any atom is 0.416 e. The van der Waals surface area contributed by atoms with Crippen LogP contribution in [0.3, 0.4) is 0 Å². The van der Waals surface area contributed by atoms with Gasteiger partial charge in [-0.25, -0.2) is 4.79 Å². The van der Waals surface area contributed by atoms with Crippen LogP contribution < -0.4 is 5.32 Å². The molecule has 0 aromatic heterocycles. The summed E-state index contributed by atoms with van der Waals surface area (Å²) in [6, 6.07) is 7.70. The van der Waals surface area contributed by atoms with E-state index < -0.39 is 67.5 Å². The zero-order chi connectivity index (χ0) is 34.6. The van der Waals surface area contributed by atoms with Gasteiger partial charge in [-0.15, -0.1) is 0 Å². The monoisotopic (exact) mass is 663 g/mol. The molecule has 0 fully saturated rings. The largest absolute Gasteiger partial charge is 0.481 e. The minimum atomic E-state index is -4.55. The van der Waals surface area contributed by atoms with Gasteiger partial charge in [-0.2, -0.15) is 26.3 Å². The summed E-state index contributed by atoms with van der Waals surface area (Å²) in [5.74, 6) is -2.35. The average Bonchev–Trinajstić information content (AvgIpc) is 2.85. The summed E-state index contributed by atoms with van der Waals surface area (Å²) in [4.78, 5) is 25.5. The Hall–Kier alpha value is -3.06. The second-order valence-corrected chi connectivity index (χ2v) is 18.5. The number of alkyl carbamates (subject to hydrolysis) is 1. The number of hydrogen-bond donors (Lipinski definition) is 2. The van der Waals surface area contributed by atoms with E-state index >= 15 is 0 Å². The van der Waals surface area contributed by atoms with Crippen LogP contribution in [0.1, 0.15) is 70.2 Å². The van der Waals surface area contributed by atoms with Gasteiger partial charge in [0.15, 0.2) is 8.32 Å². The van der Waals surface area contributed by atoms with E-state index in [4.69, 9.17) is 9.16 Å². The minimum absolute atomic E-state index is 0.0106. The van der Waals surface area contributed by atoms with Crippen LogP contribution in [0, 0.1) is 5.92 Å². The van der Waals surface area contributed by atoms with Crippen LogP contribution in [-0.4, -0.2) is 43.2 Å². The van der Waals surface area contributed by atoms with Gasteiger partial charge >= 0.3 is 24.4 Å². The number of carboxylic acids is 1. The number of rotatable bonds is 11. The molecule has 45 heavy (non-hydrogen) atoms. The number of carbonyl (C=O) groups excluding carboxylic acids is 1. The summed E-state index contributed by atoms with van der Waals surface area (Å²) in [6.45, 7) is 14.8. The van der Waals surface area contributed by atoms with Crippen molar-refractivity contribution in [3.8, 4) is 0 Å². The van der Waals surface area contributed by atoms with E-state index in [2.05, 4.69) is 5.32 Å². The number of halogens is 6.